The number of aromatic nitrogens is 4. The molecule has 5 rings (SSSR count). The first kappa shape index (κ1) is 28.1. The minimum absolute atomic E-state index is 0. The molecule has 1 N–H and O–H groups in total. The highest BCUT2D eigenvalue weighted by Crippen LogP contribution is 2.42. The van der Waals surface area contributed by atoms with Gasteiger partial charge in [0.1, 0.15) is 12.0 Å². The van der Waals surface area contributed by atoms with E-state index in [9.17, 15) is 19.5 Å². The first-order chi connectivity index (χ1) is 17.7. The third-order valence-corrected chi connectivity index (χ3v) is 8.78. The summed E-state index contributed by atoms with van der Waals surface area (Å²) in [5.41, 5.74) is 0.937. The predicted octanol–water partition coefficient (Wildman–Crippen LogP) is -1.71. The lowest BCUT2D eigenvalue weighted by molar-refractivity contribution is -0.949. The molecule has 2 unspecified atom stereocenters. The molecule has 5 atom stereocenters. The number of carbonyl (C=O) groups is 1. The third-order valence-electron chi connectivity index (χ3n) is 8.78. The van der Waals surface area contributed by atoms with Crippen LogP contribution in [0, 0.1) is 0 Å². The molecule has 0 saturated carbocycles. The molecular weight excluding hydrogens is 510 g/mol. The Bertz CT molecular complexity index is 1400. The number of benzene rings is 1. The van der Waals surface area contributed by atoms with Crippen molar-refractivity contribution >= 4 is 17.1 Å². The summed E-state index contributed by atoms with van der Waals surface area (Å²) in [6.45, 7) is 1.33. The highest BCUT2D eigenvalue weighted by Gasteiger charge is 2.52. The van der Waals surface area contributed by atoms with E-state index in [0.717, 1.165) is 53.3 Å². The largest absolute Gasteiger partial charge is 1.00 e. The molecule has 2 aliphatic heterocycles. The monoisotopic (exact) mass is 545 g/mol. The molecule has 38 heavy (non-hydrogen) atoms. The summed E-state index contributed by atoms with van der Waals surface area (Å²) in [6.07, 6.45) is 6.24. The molecule has 0 aliphatic carbocycles. The second-order valence-corrected chi connectivity index (χ2v) is 10.8. The number of halogens is 1. The molecule has 206 valence electrons. The van der Waals surface area contributed by atoms with Gasteiger partial charge in [0.25, 0.3) is 5.56 Å². The zero-order valence-electron chi connectivity index (χ0n) is 22.1. The van der Waals surface area contributed by atoms with Crippen LogP contribution < -0.4 is 23.7 Å². The van der Waals surface area contributed by atoms with Gasteiger partial charge in [-0.05, 0) is 5.56 Å². The standard InChI is InChI=1S/C27H36N5O5.ClH/c1-29-24-23(25(34)30(2)27(29)36)31(17-28-24)12-7-13-32(3)19-10-11-20(32)15-21(14-19)37-26(35)22(16-33)18-8-5-4-6-9-18;/h4-6,8-9,17,19-22,33H,7,10-16H2,1-3H3;1H/q+1;/p-1/t19-,20+,21?,22-,32?;/m1./s1. The molecule has 0 amide bonds. The molecule has 11 heteroatoms. The van der Waals surface area contributed by atoms with Gasteiger partial charge in [0.05, 0.1) is 38.6 Å². The molecule has 2 bridgehead atoms. The fourth-order valence-corrected chi connectivity index (χ4v) is 6.55. The topological polar surface area (TPSA) is 108 Å². The smallest absolute Gasteiger partial charge is 0.332 e. The molecule has 2 saturated heterocycles. The van der Waals surface area contributed by atoms with E-state index in [2.05, 4.69) is 12.0 Å². The van der Waals surface area contributed by atoms with E-state index in [0.29, 0.717) is 29.8 Å². The number of aryl methyl sites for hydroxylation is 2. The predicted molar refractivity (Wildman–Crippen MR) is 138 cm³/mol. The Morgan fingerprint density at radius 1 is 1.13 bits per heavy atom. The van der Waals surface area contributed by atoms with Crippen LogP contribution in [0.1, 0.15) is 43.6 Å². The van der Waals surface area contributed by atoms with Crippen LogP contribution in [-0.2, 0) is 30.2 Å². The third kappa shape index (κ3) is 4.81. The number of aliphatic hydroxyl groups excluding tert-OH is 1. The molecule has 2 fully saturated rings. The van der Waals surface area contributed by atoms with Crippen molar-refractivity contribution in [3.8, 4) is 0 Å². The lowest BCUT2D eigenvalue weighted by atomic mass is 9.95. The molecule has 3 aromatic rings. The van der Waals surface area contributed by atoms with E-state index in [-0.39, 0.29) is 42.3 Å². The molecule has 0 radical (unpaired) electrons. The second-order valence-electron chi connectivity index (χ2n) is 10.8. The van der Waals surface area contributed by atoms with Crippen molar-refractivity contribution in [2.24, 2.45) is 14.1 Å². The van der Waals surface area contributed by atoms with Gasteiger partial charge in [-0.25, -0.2) is 9.78 Å². The number of quaternary nitrogens is 1. The van der Waals surface area contributed by atoms with Crippen molar-refractivity contribution in [3.63, 3.8) is 0 Å². The number of hydrogen-bond acceptors (Lipinski definition) is 6. The summed E-state index contributed by atoms with van der Waals surface area (Å²) in [4.78, 5) is 42.2. The van der Waals surface area contributed by atoms with E-state index >= 15 is 0 Å². The maximum Gasteiger partial charge on any atom is 0.332 e. The second kappa shape index (κ2) is 11.0. The Morgan fingerprint density at radius 3 is 2.42 bits per heavy atom. The van der Waals surface area contributed by atoms with E-state index in [1.54, 1.807) is 13.4 Å². The summed E-state index contributed by atoms with van der Waals surface area (Å²) in [6, 6.07) is 10.1. The van der Waals surface area contributed by atoms with E-state index in [1.807, 2.05) is 34.9 Å². The number of imidazole rings is 1. The van der Waals surface area contributed by atoms with Crippen LogP contribution in [0.15, 0.2) is 46.2 Å². The van der Waals surface area contributed by atoms with Gasteiger partial charge in [0.2, 0.25) is 0 Å². The van der Waals surface area contributed by atoms with Crippen LogP contribution in [0.2, 0.25) is 0 Å². The summed E-state index contributed by atoms with van der Waals surface area (Å²) in [5.74, 6) is -1.00. The maximum atomic E-state index is 12.9. The van der Waals surface area contributed by atoms with Crippen molar-refractivity contribution in [3.05, 3.63) is 63.1 Å². The normalized spacial score (nSPS) is 25.2. The number of ether oxygens (including phenoxy) is 1. The first-order valence-electron chi connectivity index (χ1n) is 13.1. The average Bonchev–Trinajstić information content (AvgIpc) is 3.35. The van der Waals surface area contributed by atoms with Crippen molar-refractivity contribution in [1.29, 1.82) is 0 Å². The van der Waals surface area contributed by atoms with Crippen molar-refractivity contribution in [1.82, 2.24) is 18.7 Å². The quantitative estimate of drug-likeness (QED) is 0.267. The van der Waals surface area contributed by atoms with Gasteiger partial charge in [-0.1, -0.05) is 30.3 Å². The Kier molecular flexibility index (Phi) is 8.15. The molecule has 0 spiro atoms. The Hall–Kier alpha value is -2.95. The summed E-state index contributed by atoms with van der Waals surface area (Å²) >= 11 is 0. The van der Waals surface area contributed by atoms with Gasteiger partial charge in [-0.2, -0.15) is 0 Å². The molecule has 4 heterocycles. The summed E-state index contributed by atoms with van der Waals surface area (Å²) < 4.78 is 11.3. The molecule has 10 nitrogen and oxygen atoms in total. The van der Waals surface area contributed by atoms with Crippen molar-refractivity contribution < 1.29 is 31.5 Å². The van der Waals surface area contributed by atoms with Gasteiger partial charge in [0.15, 0.2) is 11.2 Å². The van der Waals surface area contributed by atoms with Crippen molar-refractivity contribution in [2.75, 3.05) is 20.2 Å². The molecule has 1 aromatic carbocycles. The van der Waals surface area contributed by atoms with Gasteiger partial charge in [-0.15, -0.1) is 0 Å². The summed E-state index contributed by atoms with van der Waals surface area (Å²) in [5, 5.41) is 9.83. The Labute approximate surface area is 227 Å². The number of carbonyl (C=O) groups excluding carboxylic acids is 1. The number of piperidine rings is 1. The lowest BCUT2D eigenvalue weighted by Crippen LogP contribution is -3.00. The number of nitrogens with zero attached hydrogens (tertiary/aromatic N) is 5. The number of esters is 1. The highest BCUT2D eigenvalue weighted by atomic mass is 35.5. The molecular formula is C27H36ClN5O5. The highest BCUT2D eigenvalue weighted by molar-refractivity contribution is 5.78. The summed E-state index contributed by atoms with van der Waals surface area (Å²) in [7, 11) is 5.42. The fraction of sp³-hybridized carbons (Fsp3) is 0.556. The minimum Gasteiger partial charge on any atom is -1.00 e. The lowest BCUT2D eigenvalue weighted by Gasteiger charge is -2.47. The number of fused-ring (bicyclic) bond motifs is 3. The van der Waals surface area contributed by atoms with E-state index in [4.69, 9.17) is 4.74 Å². The number of hydrogen-bond donors (Lipinski definition) is 1. The van der Waals surface area contributed by atoms with Crippen LogP contribution in [0.25, 0.3) is 11.2 Å². The van der Waals surface area contributed by atoms with Gasteiger partial charge in [0, 0.05) is 52.7 Å². The maximum absolute atomic E-state index is 12.9. The van der Waals surface area contributed by atoms with Crippen LogP contribution >= 0.6 is 0 Å². The van der Waals surface area contributed by atoms with E-state index in [1.165, 1.54) is 11.6 Å². The van der Waals surface area contributed by atoms with Crippen LogP contribution in [0.5, 0.6) is 0 Å². The Balaban J connectivity index is 0.00000336. The van der Waals surface area contributed by atoms with Crippen LogP contribution in [0.4, 0.5) is 0 Å². The SMILES string of the molecule is Cn1c(=O)c2c(ncn2CCC[N+]2(C)[C@@H]3CC[C@H]2CC(OC(=O)[C@H](CO)c2ccccc2)C3)n(C)c1=O.[Cl-]. The number of rotatable bonds is 8. The number of aliphatic hydroxyl groups is 1. The van der Waals surface area contributed by atoms with Gasteiger partial charge >= 0.3 is 11.7 Å². The molecule has 2 aromatic heterocycles. The zero-order valence-corrected chi connectivity index (χ0v) is 22.9. The van der Waals surface area contributed by atoms with Gasteiger partial charge in [-0.3, -0.25) is 18.7 Å². The van der Waals surface area contributed by atoms with Crippen molar-refractivity contribution in [2.45, 2.75) is 62.8 Å². The molecule has 2 aliphatic rings. The Morgan fingerprint density at radius 2 is 1.79 bits per heavy atom. The zero-order chi connectivity index (χ0) is 26.3. The minimum atomic E-state index is -0.654. The van der Waals surface area contributed by atoms with Gasteiger partial charge < -0.3 is 31.3 Å². The average molecular weight is 546 g/mol. The fourth-order valence-electron chi connectivity index (χ4n) is 6.55. The van der Waals surface area contributed by atoms with Crippen LogP contribution in [-0.4, -0.2) is 72.6 Å². The van der Waals surface area contributed by atoms with E-state index < -0.39 is 5.92 Å². The van der Waals surface area contributed by atoms with Crippen LogP contribution in [0.3, 0.4) is 0 Å². The first-order valence-corrected chi connectivity index (χ1v) is 13.1.